The fourth-order valence-corrected chi connectivity index (χ4v) is 2.20. The first-order valence-corrected chi connectivity index (χ1v) is 6.73. The minimum atomic E-state index is -1.13. The normalized spacial score (nSPS) is 10.2. The second-order valence-electron chi connectivity index (χ2n) is 4.83. The molecule has 0 spiro atoms. The molecule has 2 aromatic carbocycles. The summed E-state index contributed by atoms with van der Waals surface area (Å²) in [5.41, 5.74) is 1.69. The molecule has 5 nitrogen and oxygen atoms in total. The Labute approximate surface area is 127 Å². The first-order chi connectivity index (χ1) is 10.5. The summed E-state index contributed by atoms with van der Waals surface area (Å²) < 4.78 is 5.08. The highest BCUT2D eigenvalue weighted by molar-refractivity contribution is 5.94. The fraction of sp³-hybridized carbons (Fsp3) is 0.176. The van der Waals surface area contributed by atoms with E-state index in [2.05, 4.69) is 0 Å². The Morgan fingerprint density at radius 3 is 2.18 bits per heavy atom. The van der Waals surface area contributed by atoms with Gasteiger partial charge in [-0.2, -0.15) is 0 Å². The molecule has 0 aromatic heterocycles. The molecular formula is C17H16O5. The summed E-state index contributed by atoms with van der Waals surface area (Å²) in [6.07, 6.45) is 1.19. The molecular weight excluding hydrogens is 284 g/mol. The van der Waals surface area contributed by atoms with E-state index in [4.69, 9.17) is 9.84 Å². The minimum Gasteiger partial charge on any atom is -0.497 e. The minimum absolute atomic E-state index is 0.0226. The van der Waals surface area contributed by atoms with E-state index in [1.54, 1.807) is 13.2 Å². The van der Waals surface area contributed by atoms with Crippen LogP contribution in [0.5, 0.6) is 5.75 Å². The van der Waals surface area contributed by atoms with Crippen molar-refractivity contribution in [3.63, 3.8) is 0 Å². The molecule has 0 saturated carbocycles. The lowest BCUT2D eigenvalue weighted by Crippen LogP contribution is -2.07. The number of aryl methyl sites for hydroxylation is 2. The molecule has 2 rings (SSSR count). The van der Waals surface area contributed by atoms with Gasteiger partial charge in [0.05, 0.1) is 18.2 Å². The summed E-state index contributed by atoms with van der Waals surface area (Å²) in [6, 6.07) is 11.7. The van der Waals surface area contributed by atoms with Gasteiger partial charge in [0.15, 0.2) is 0 Å². The van der Waals surface area contributed by atoms with Crippen molar-refractivity contribution in [1.29, 1.82) is 0 Å². The SMILES string of the molecule is COc1ccc(CCc2ccc(C(=O)O)cc2C(=O)O)cc1. The number of carbonyl (C=O) groups is 2. The predicted molar refractivity (Wildman–Crippen MR) is 80.8 cm³/mol. The topological polar surface area (TPSA) is 83.8 Å². The molecule has 0 atom stereocenters. The number of aromatic carboxylic acids is 2. The summed E-state index contributed by atoms with van der Waals surface area (Å²) >= 11 is 0. The van der Waals surface area contributed by atoms with Crippen LogP contribution >= 0.6 is 0 Å². The molecule has 114 valence electrons. The Morgan fingerprint density at radius 1 is 0.955 bits per heavy atom. The van der Waals surface area contributed by atoms with Gasteiger partial charge in [-0.15, -0.1) is 0 Å². The second kappa shape index (κ2) is 6.76. The fourth-order valence-electron chi connectivity index (χ4n) is 2.20. The molecule has 22 heavy (non-hydrogen) atoms. The third-order valence-corrected chi connectivity index (χ3v) is 3.43. The van der Waals surface area contributed by atoms with E-state index in [1.165, 1.54) is 12.1 Å². The summed E-state index contributed by atoms with van der Waals surface area (Å²) in [5.74, 6) is -1.49. The standard InChI is InChI=1S/C17H16O5/c1-22-14-8-3-11(4-9-14)2-5-12-6-7-13(16(18)19)10-15(12)17(20)21/h3-4,6-10H,2,5H2,1H3,(H,18,19)(H,20,21). The van der Waals surface area contributed by atoms with Crippen molar-refractivity contribution in [3.05, 3.63) is 64.7 Å². The summed E-state index contributed by atoms with van der Waals surface area (Å²) in [6.45, 7) is 0. The zero-order chi connectivity index (χ0) is 16.1. The van der Waals surface area contributed by atoms with E-state index < -0.39 is 11.9 Å². The van der Waals surface area contributed by atoms with Gasteiger partial charge in [0, 0.05) is 0 Å². The van der Waals surface area contributed by atoms with Gasteiger partial charge in [0.25, 0.3) is 0 Å². The zero-order valence-electron chi connectivity index (χ0n) is 12.1. The number of hydrogen-bond donors (Lipinski definition) is 2. The first-order valence-electron chi connectivity index (χ1n) is 6.73. The smallest absolute Gasteiger partial charge is 0.335 e. The van der Waals surface area contributed by atoms with E-state index in [0.29, 0.717) is 18.4 Å². The third kappa shape index (κ3) is 3.63. The molecule has 2 N–H and O–H groups in total. The highest BCUT2D eigenvalue weighted by Gasteiger charge is 2.13. The summed E-state index contributed by atoms with van der Waals surface area (Å²) in [4.78, 5) is 22.2. The van der Waals surface area contributed by atoms with Gasteiger partial charge >= 0.3 is 11.9 Å². The number of carboxylic acids is 2. The van der Waals surface area contributed by atoms with E-state index in [9.17, 15) is 14.7 Å². The largest absolute Gasteiger partial charge is 0.497 e. The van der Waals surface area contributed by atoms with Crippen LogP contribution in [0.4, 0.5) is 0 Å². The monoisotopic (exact) mass is 300 g/mol. The van der Waals surface area contributed by atoms with Gasteiger partial charge in [-0.25, -0.2) is 9.59 Å². The van der Waals surface area contributed by atoms with Crippen LogP contribution in [0.3, 0.4) is 0 Å². The molecule has 0 amide bonds. The lowest BCUT2D eigenvalue weighted by molar-refractivity contribution is 0.0695. The second-order valence-corrected chi connectivity index (χ2v) is 4.83. The van der Waals surface area contributed by atoms with Crippen LogP contribution in [-0.2, 0) is 12.8 Å². The Hall–Kier alpha value is -2.82. The highest BCUT2D eigenvalue weighted by atomic mass is 16.5. The average Bonchev–Trinajstić information content (AvgIpc) is 2.53. The molecule has 5 heteroatoms. The van der Waals surface area contributed by atoms with E-state index in [1.807, 2.05) is 24.3 Å². The van der Waals surface area contributed by atoms with Crippen molar-refractivity contribution in [2.45, 2.75) is 12.8 Å². The van der Waals surface area contributed by atoms with Crippen LogP contribution in [0.2, 0.25) is 0 Å². The Bertz CT molecular complexity index is 689. The lowest BCUT2D eigenvalue weighted by Gasteiger charge is -2.08. The van der Waals surface area contributed by atoms with E-state index >= 15 is 0 Å². The number of ether oxygens (including phenoxy) is 1. The number of hydrogen-bond acceptors (Lipinski definition) is 3. The van der Waals surface area contributed by atoms with Gasteiger partial charge in [-0.3, -0.25) is 0 Å². The van der Waals surface area contributed by atoms with Crippen LogP contribution in [0.15, 0.2) is 42.5 Å². The molecule has 0 fully saturated rings. The Morgan fingerprint density at radius 2 is 1.64 bits per heavy atom. The van der Waals surface area contributed by atoms with Crippen molar-refractivity contribution in [3.8, 4) is 5.75 Å². The van der Waals surface area contributed by atoms with Crippen LogP contribution in [0, 0.1) is 0 Å². The number of carboxylic acid groups (broad SMARTS) is 2. The molecule has 0 radical (unpaired) electrons. The molecule has 0 saturated heterocycles. The maximum Gasteiger partial charge on any atom is 0.335 e. The van der Waals surface area contributed by atoms with Crippen LogP contribution in [-0.4, -0.2) is 29.3 Å². The van der Waals surface area contributed by atoms with Gasteiger partial charge in [-0.1, -0.05) is 18.2 Å². The molecule has 0 heterocycles. The van der Waals surface area contributed by atoms with Crippen LogP contribution in [0.1, 0.15) is 31.8 Å². The Kier molecular flexibility index (Phi) is 4.78. The van der Waals surface area contributed by atoms with Gasteiger partial charge in [-0.05, 0) is 48.2 Å². The number of methoxy groups -OCH3 is 1. The van der Waals surface area contributed by atoms with Crippen LogP contribution < -0.4 is 4.74 Å². The van der Waals surface area contributed by atoms with E-state index in [0.717, 1.165) is 11.3 Å². The average molecular weight is 300 g/mol. The van der Waals surface area contributed by atoms with Crippen molar-refractivity contribution in [2.75, 3.05) is 7.11 Å². The number of benzene rings is 2. The van der Waals surface area contributed by atoms with Crippen molar-refractivity contribution >= 4 is 11.9 Å². The maximum absolute atomic E-state index is 11.3. The maximum atomic E-state index is 11.3. The molecule has 0 unspecified atom stereocenters. The van der Waals surface area contributed by atoms with Crippen molar-refractivity contribution < 1.29 is 24.5 Å². The number of rotatable bonds is 6. The molecule has 0 bridgehead atoms. The summed E-state index contributed by atoms with van der Waals surface area (Å²) in [7, 11) is 1.60. The van der Waals surface area contributed by atoms with Gasteiger partial charge < -0.3 is 14.9 Å². The van der Waals surface area contributed by atoms with E-state index in [-0.39, 0.29) is 11.1 Å². The van der Waals surface area contributed by atoms with Gasteiger partial charge in [0.1, 0.15) is 5.75 Å². The predicted octanol–water partition coefficient (Wildman–Crippen LogP) is 2.88. The Balaban J connectivity index is 2.17. The van der Waals surface area contributed by atoms with Gasteiger partial charge in [0.2, 0.25) is 0 Å². The van der Waals surface area contributed by atoms with Crippen molar-refractivity contribution in [1.82, 2.24) is 0 Å². The molecule has 2 aromatic rings. The third-order valence-electron chi connectivity index (χ3n) is 3.43. The molecule has 0 aliphatic carbocycles. The zero-order valence-corrected chi connectivity index (χ0v) is 12.1. The summed E-state index contributed by atoms with van der Waals surface area (Å²) in [5, 5.41) is 18.2. The first kappa shape index (κ1) is 15.6. The highest BCUT2D eigenvalue weighted by Crippen LogP contribution is 2.17. The quantitative estimate of drug-likeness (QED) is 0.857. The van der Waals surface area contributed by atoms with Crippen LogP contribution in [0.25, 0.3) is 0 Å². The molecule has 0 aliphatic heterocycles. The van der Waals surface area contributed by atoms with Crippen molar-refractivity contribution in [2.24, 2.45) is 0 Å². The molecule has 0 aliphatic rings. The lowest BCUT2D eigenvalue weighted by atomic mass is 9.98.